The van der Waals surface area contributed by atoms with Crippen LogP contribution in [-0.2, 0) is 0 Å². The first-order valence-electron chi connectivity index (χ1n) is 6.34. The number of pyridine rings is 1. The first-order valence-corrected chi connectivity index (χ1v) is 6.34. The quantitative estimate of drug-likeness (QED) is 0.778. The summed E-state index contributed by atoms with van der Waals surface area (Å²) < 4.78 is 0. The Bertz CT molecular complexity index is 475. The molecule has 5 nitrogen and oxygen atoms in total. The van der Waals surface area contributed by atoms with Crippen molar-refractivity contribution in [2.75, 3.05) is 11.1 Å². The Balaban J connectivity index is 2.94. The first kappa shape index (κ1) is 15.3. The minimum atomic E-state index is -0.545. The maximum absolute atomic E-state index is 11.3. The number of nitrogens with zero attached hydrogens (tertiary/aromatic N) is 1. The van der Waals surface area contributed by atoms with E-state index < -0.39 is 5.91 Å². The van der Waals surface area contributed by atoms with E-state index in [1.807, 2.05) is 0 Å². The Morgan fingerprint density at radius 1 is 1.32 bits per heavy atom. The molecule has 0 radical (unpaired) electrons. The normalized spacial score (nSPS) is 12.3. The molecule has 5 N–H and O–H groups in total. The molecule has 0 atom stereocenters. The molecule has 1 aromatic heterocycles. The van der Waals surface area contributed by atoms with Gasteiger partial charge in [-0.2, -0.15) is 0 Å². The van der Waals surface area contributed by atoms with Gasteiger partial charge in [-0.1, -0.05) is 20.8 Å². The van der Waals surface area contributed by atoms with E-state index >= 15 is 0 Å². The number of primary amides is 1. The molecule has 0 aromatic carbocycles. The van der Waals surface area contributed by atoms with Gasteiger partial charge < -0.3 is 16.8 Å². The molecule has 106 valence electrons. The summed E-state index contributed by atoms with van der Waals surface area (Å²) in [6.45, 7) is 10.7. The van der Waals surface area contributed by atoms with Crippen LogP contribution in [0.5, 0.6) is 0 Å². The summed E-state index contributed by atoms with van der Waals surface area (Å²) in [5.74, 6) is 0.0637. The predicted molar refractivity (Wildman–Crippen MR) is 78.9 cm³/mol. The second-order valence-corrected chi connectivity index (χ2v) is 6.77. The predicted octanol–water partition coefficient (Wildman–Crippen LogP) is 2.39. The summed E-state index contributed by atoms with van der Waals surface area (Å²) in [5, 5.41) is 3.32. The molecule has 1 heterocycles. The van der Waals surface area contributed by atoms with Gasteiger partial charge in [0.05, 0.1) is 17.4 Å². The van der Waals surface area contributed by atoms with Gasteiger partial charge in [0, 0.05) is 5.54 Å². The van der Waals surface area contributed by atoms with Crippen molar-refractivity contribution >= 4 is 17.4 Å². The van der Waals surface area contributed by atoms with Crippen LogP contribution in [0, 0.1) is 5.41 Å². The van der Waals surface area contributed by atoms with Crippen LogP contribution in [0.1, 0.15) is 51.4 Å². The molecule has 19 heavy (non-hydrogen) atoms. The summed E-state index contributed by atoms with van der Waals surface area (Å²) >= 11 is 0. The van der Waals surface area contributed by atoms with Gasteiger partial charge in [0.1, 0.15) is 5.82 Å². The molecule has 0 bridgehead atoms. The van der Waals surface area contributed by atoms with E-state index in [9.17, 15) is 4.79 Å². The summed E-state index contributed by atoms with van der Waals surface area (Å²) in [6, 6.07) is 1.60. The van der Waals surface area contributed by atoms with Crippen molar-refractivity contribution < 1.29 is 4.79 Å². The molecular formula is C14H24N4O. The molecule has 1 amide bonds. The second-order valence-electron chi connectivity index (χ2n) is 6.77. The lowest BCUT2D eigenvalue weighted by atomic mass is 9.82. The lowest BCUT2D eigenvalue weighted by molar-refractivity contribution is 0.100. The van der Waals surface area contributed by atoms with Crippen LogP contribution in [0.15, 0.2) is 12.3 Å². The van der Waals surface area contributed by atoms with Crippen LogP contribution in [0.2, 0.25) is 0 Å². The molecule has 0 unspecified atom stereocenters. The van der Waals surface area contributed by atoms with Crippen molar-refractivity contribution in [3.05, 3.63) is 17.8 Å². The smallest absolute Gasteiger partial charge is 0.250 e. The Hall–Kier alpha value is -1.78. The minimum Gasteiger partial charge on any atom is -0.397 e. The molecule has 5 heteroatoms. The van der Waals surface area contributed by atoms with Crippen LogP contribution in [0.3, 0.4) is 0 Å². The van der Waals surface area contributed by atoms with Gasteiger partial charge in [-0.15, -0.1) is 0 Å². The monoisotopic (exact) mass is 264 g/mol. The van der Waals surface area contributed by atoms with Gasteiger partial charge in [-0.25, -0.2) is 4.98 Å². The average molecular weight is 264 g/mol. The van der Waals surface area contributed by atoms with Crippen LogP contribution < -0.4 is 16.8 Å². The number of amides is 1. The van der Waals surface area contributed by atoms with Gasteiger partial charge >= 0.3 is 0 Å². The van der Waals surface area contributed by atoms with Crippen molar-refractivity contribution in [3.63, 3.8) is 0 Å². The lowest BCUT2D eigenvalue weighted by Crippen LogP contribution is -2.35. The third-order valence-corrected chi connectivity index (χ3v) is 2.64. The number of carbonyl (C=O) groups excluding carboxylic acids is 1. The number of hydrogen-bond acceptors (Lipinski definition) is 4. The fourth-order valence-electron chi connectivity index (χ4n) is 2.46. The van der Waals surface area contributed by atoms with E-state index in [1.54, 1.807) is 6.07 Å². The number of aromatic nitrogens is 1. The average Bonchev–Trinajstić information content (AvgIpc) is 2.16. The van der Waals surface area contributed by atoms with Crippen molar-refractivity contribution in [2.24, 2.45) is 11.1 Å². The Morgan fingerprint density at radius 2 is 1.89 bits per heavy atom. The van der Waals surface area contributed by atoms with Crippen molar-refractivity contribution in [1.29, 1.82) is 0 Å². The number of hydrogen-bond donors (Lipinski definition) is 3. The van der Waals surface area contributed by atoms with Gasteiger partial charge in [-0.05, 0) is 31.7 Å². The van der Waals surface area contributed by atoms with Crippen molar-refractivity contribution in [1.82, 2.24) is 4.98 Å². The highest BCUT2D eigenvalue weighted by Crippen LogP contribution is 2.29. The SMILES string of the molecule is CC(C)(C)CC(C)(C)Nc1cc(C(N)=O)c(N)cn1. The third kappa shape index (κ3) is 4.77. The van der Waals surface area contributed by atoms with E-state index in [-0.39, 0.29) is 11.0 Å². The summed E-state index contributed by atoms with van der Waals surface area (Å²) in [5.41, 5.74) is 11.6. The fourth-order valence-corrected chi connectivity index (χ4v) is 2.46. The number of anilines is 2. The zero-order chi connectivity index (χ0) is 14.8. The largest absolute Gasteiger partial charge is 0.397 e. The number of nitrogen functional groups attached to an aromatic ring is 1. The summed E-state index contributed by atoms with van der Waals surface area (Å²) in [6.07, 6.45) is 2.41. The molecule has 0 aliphatic rings. The molecule has 0 saturated heterocycles. The maximum Gasteiger partial charge on any atom is 0.250 e. The van der Waals surface area contributed by atoms with E-state index in [0.29, 0.717) is 17.1 Å². The van der Waals surface area contributed by atoms with Crippen LogP contribution in [0.25, 0.3) is 0 Å². The zero-order valence-electron chi connectivity index (χ0n) is 12.4. The van der Waals surface area contributed by atoms with Crippen molar-refractivity contribution in [3.8, 4) is 0 Å². The molecule has 0 aliphatic carbocycles. The van der Waals surface area contributed by atoms with Crippen LogP contribution in [-0.4, -0.2) is 16.4 Å². The molecule has 1 aromatic rings. The highest BCUT2D eigenvalue weighted by molar-refractivity contribution is 5.98. The molecule has 0 spiro atoms. The van der Waals surface area contributed by atoms with E-state index in [1.165, 1.54) is 6.20 Å². The van der Waals surface area contributed by atoms with Crippen LogP contribution in [0.4, 0.5) is 11.5 Å². The summed E-state index contributed by atoms with van der Waals surface area (Å²) in [7, 11) is 0. The minimum absolute atomic E-state index is 0.143. The number of carbonyl (C=O) groups is 1. The van der Waals surface area contributed by atoms with E-state index in [2.05, 4.69) is 44.9 Å². The molecule has 1 rings (SSSR count). The second kappa shape index (κ2) is 5.07. The number of rotatable bonds is 4. The van der Waals surface area contributed by atoms with Crippen molar-refractivity contribution in [2.45, 2.75) is 46.6 Å². The first-order chi connectivity index (χ1) is 8.50. The molecule has 0 fully saturated rings. The summed E-state index contributed by atoms with van der Waals surface area (Å²) in [4.78, 5) is 15.4. The third-order valence-electron chi connectivity index (χ3n) is 2.64. The van der Waals surface area contributed by atoms with Gasteiger partial charge in [0.25, 0.3) is 5.91 Å². The Labute approximate surface area is 114 Å². The highest BCUT2D eigenvalue weighted by Gasteiger charge is 2.25. The Kier molecular flexibility index (Phi) is 4.08. The topological polar surface area (TPSA) is 94.0 Å². The zero-order valence-corrected chi connectivity index (χ0v) is 12.4. The maximum atomic E-state index is 11.3. The standard InChI is InChI=1S/C14H24N4O/c1-13(2,3)8-14(4,5)18-11-6-9(12(16)19)10(15)7-17-11/h6-7H,8,15H2,1-5H3,(H2,16,19)(H,17,18). The lowest BCUT2D eigenvalue weighted by Gasteiger charge is -2.33. The number of nitrogens with one attached hydrogen (secondary N) is 1. The Morgan fingerprint density at radius 3 is 2.37 bits per heavy atom. The molecular weight excluding hydrogens is 240 g/mol. The fraction of sp³-hybridized carbons (Fsp3) is 0.571. The van der Waals surface area contributed by atoms with E-state index in [4.69, 9.17) is 11.5 Å². The van der Waals surface area contributed by atoms with E-state index in [0.717, 1.165) is 6.42 Å². The van der Waals surface area contributed by atoms with Gasteiger partial charge in [0.2, 0.25) is 0 Å². The molecule has 0 aliphatic heterocycles. The highest BCUT2D eigenvalue weighted by atomic mass is 16.1. The van der Waals surface area contributed by atoms with Gasteiger partial charge in [-0.3, -0.25) is 4.79 Å². The number of nitrogens with two attached hydrogens (primary N) is 2. The molecule has 0 saturated carbocycles. The van der Waals surface area contributed by atoms with Crippen LogP contribution >= 0.6 is 0 Å². The van der Waals surface area contributed by atoms with Gasteiger partial charge in [0.15, 0.2) is 0 Å².